The van der Waals surface area contributed by atoms with Crippen molar-refractivity contribution in [1.82, 2.24) is 10.2 Å². The molecule has 0 radical (unpaired) electrons. The van der Waals surface area contributed by atoms with E-state index in [4.69, 9.17) is 4.42 Å². The lowest BCUT2D eigenvalue weighted by atomic mass is 9.84. The summed E-state index contributed by atoms with van der Waals surface area (Å²) in [5.41, 5.74) is 4.10. The summed E-state index contributed by atoms with van der Waals surface area (Å²) in [7, 11) is 0. The van der Waals surface area contributed by atoms with E-state index in [1.165, 1.54) is 0 Å². The van der Waals surface area contributed by atoms with Gasteiger partial charge in [-0.05, 0) is 30.7 Å². The normalized spacial score (nSPS) is 17.5. The van der Waals surface area contributed by atoms with E-state index in [1.54, 1.807) is 6.26 Å². The lowest BCUT2D eigenvalue weighted by molar-refractivity contribution is -0.116. The Kier molecular flexibility index (Phi) is 3.54. The highest BCUT2D eigenvalue weighted by atomic mass is 16.3. The number of carbonyl (C=O) groups excluding carboxylic acids is 1. The first-order chi connectivity index (χ1) is 11.7. The predicted molar refractivity (Wildman–Crippen MR) is 92.4 cm³/mol. The molecule has 1 atom stereocenters. The van der Waals surface area contributed by atoms with Crippen LogP contribution in [0.3, 0.4) is 0 Å². The first kappa shape index (κ1) is 14.5. The van der Waals surface area contributed by atoms with Crippen LogP contribution in [0, 0.1) is 0 Å². The fraction of sp³-hybridized carbons (Fsp3) is 0.158. The number of allylic oxidation sites excluding steroid dienone is 1. The summed E-state index contributed by atoms with van der Waals surface area (Å²) in [6.07, 6.45) is 4.02. The Morgan fingerprint density at radius 3 is 2.83 bits per heavy atom. The van der Waals surface area contributed by atoms with Gasteiger partial charge in [-0.15, -0.1) is 0 Å². The number of amides is 1. The van der Waals surface area contributed by atoms with Crippen molar-refractivity contribution >= 4 is 17.8 Å². The van der Waals surface area contributed by atoms with Crippen molar-refractivity contribution in [2.24, 2.45) is 0 Å². The Labute approximate surface area is 139 Å². The minimum Gasteiger partial charge on any atom is -0.465 e. The second-order valence-electron chi connectivity index (χ2n) is 5.94. The third-order valence-corrected chi connectivity index (χ3v) is 4.32. The van der Waals surface area contributed by atoms with Gasteiger partial charge in [-0.25, -0.2) is 0 Å². The molecule has 1 aliphatic rings. The fourth-order valence-electron chi connectivity index (χ4n) is 3.17. The van der Waals surface area contributed by atoms with Crippen LogP contribution in [-0.2, 0) is 4.79 Å². The summed E-state index contributed by atoms with van der Waals surface area (Å²) >= 11 is 0. The molecule has 0 unspecified atom stereocenters. The summed E-state index contributed by atoms with van der Waals surface area (Å²) in [6, 6.07) is 13.8. The summed E-state index contributed by atoms with van der Waals surface area (Å²) in [5, 5.41) is 10.2. The number of fused-ring (bicyclic) bond motifs is 1. The zero-order valence-corrected chi connectivity index (χ0v) is 13.2. The van der Waals surface area contributed by atoms with Crippen LogP contribution >= 0.6 is 0 Å². The zero-order valence-electron chi connectivity index (χ0n) is 13.2. The number of aromatic nitrogens is 2. The number of furan rings is 1. The van der Waals surface area contributed by atoms with Gasteiger partial charge in [0.15, 0.2) is 5.82 Å². The van der Waals surface area contributed by atoms with Crippen LogP contribution in [0.15, 0.2) is 58.7 Å². The van der Waals surface area contributed by atoms with Gasteiger partial charge in [-0.2, -0.15) is 5.10 Å². The van der Waals surface area contributed by atoms with E-state index in [0.29, 0.717) is 12.2 Å². The number of benzene rings is 1. The maximum atomic E-state index is 12.1. The number of anilines is 1. The molecule has 0 spiro atoms. The largest absolute Gasteiger partial charge is 0.465 e. The summed E-state index contributed by atoms with van der Waals surface area (Å²) in [5.74, 6) is 1.34. The van der Waals surface area contributed by atoms with Crippen molar-refractivity contribution in [1.29, 1.82) is 0 Å². The molecule has 4 rings (SSSR count). The molecule has 1 aliphatic heterocycles. The molecule has 0 aliphatic carbocycles. The van der Waals surface area contributed by atoms with E-state index in [1.807, 2.05) is 55.5 Å². The molecule has 1 aromatic carbocycles. The number of carbonyl (C=O) groups is 1. The monoisotopic (exact) mass is 319 g/mol. The van der Waals surface area contributed by atoms with Gasteiger partial charge in [-0.3, -0.25) is 9.89 Å². The predicted octanol–water partition coefficient (Wildman–Crippen LogP) is 4.20. The van der Waals surface area contributed by atoms with Crippen LogP contribution in [0.25, 0.3) is 17.3 Å². The Hall–Kier alpha value is -3.08. The number of rotatable bonds is 3. The highest BCUT2D eigenvalue weighted by Gasteiger charge is 2.31. The van der Waals surface area contributed by atoms with Crippen molar-refractivity contribution in [2.45, 2.75) is 19.3 Å². The lowest BCUT2D eigenvalue weighted by Gasteiger charge is -2.23. The lowest BCUT2D eigenvalue weighted by Crippen LogP contribution is -2.23. The van der Waals surface area contributed by atoms with Gasteiger partial charge in [0.1, 0.15) is 5.76 Å². The number of nitrogens with zero attached hydrogens (tertiary/aromatic N) is 1. The number of aromatic amines is 1. The summed E-state index contributed by atoms with van der Waals surface area (Å²) in [4.78, 5) is 12.1. The first-order valence-electron chi connectivity index (χ1n) is 7.87. The van der Waals surface area contributed by atoms with E-state index in [2.05, 4.69) is 15.5 Å². The quantitative estimate of drug-likeness (QED) is 0.760. The minimum absolute atomic E-state index is 0.0224. The molecule has 24 heavy (non-hydrogen) atoms. The molecule has 0 saturated heterocycles. The summed E-state index contributed by atoms with van der Waals surface area (Å²) < 4.78 is 5.41. The fourth-order valence-corrected chi connectivity index (χ4v) is 3.17. The van der Waals surface area contributed by atoms with Crippen LogP contribution in [0.1, 0.15) is 30.6 Å². The number of H-pyrrole nitrogens is 1. The van der Waals surface area contributed by atoms with Gasteiger partial charge in [0, 0.05) is 17.9 Å². The van der Waals surface area contributed by atoms with Gasteiger partial charge in [0.05, 0.1) is 12.0 Å². The second-order valence-corrected chi connectivity index (χ2v) is 5.94. The number of hydrogen-bond acceptors (Lipinski definition) is 3. The van der Waals surface area contributed by atoms with E-state index < -0.39 is 0 Å². The third kappa shape index (κ3) is 2.54. The van der Waals surface area contributed by atoms with Crippen molar-refractivity contribution in [3.63, 3.8) is 0 Å². The Bertz CT molecular complexity index is 892. The molecule has 0 bridgehead atoms. The minimum atomic E-state index is -0.0344. The van der Waals surface area contributed by atoms with E-state index in [-0.39, 0.29) is 11.8 Å². The molecule has 0 fully saturated rings. The van der Waals surface area contributed by atoms with Crippen molar-refractivity contribution in [2.75, 3.05) is 5.32 Å². The summed E-state index contributed by atoms with van der Waals surface area (Å²) in [6.45, 7) is 2.03. The zero-order chi connectivity index (χ0) is 16.5. The third-order valence-electron chi connectivity index (χ3n) is 4.32. The molecule has 2 N–H and O–H groups in total. The first-order valence-corrected chi connectivity index (χ1v) is 7.87. The van der Waals surface area contributed by atoms with Crippen LogP contribution in [-0.4, -0.2) is 16.1 Å². The van der Waals surface area contributed by atoms with Crippen LogP contribution in [0.2, 0.25) is 0 Å². The van der Waals surface area contributed by atoms with Crippen molar-refractivity contribution in [3.05, 3.63) is 65.6 Å². The highest BCUT2D eigenvalue weighted by molar-refractivity contribution is 5.96. The SMILES string of the molecule is C/C(=C\c1ccco1)[C@@H]1CC(=O)Nc2n[nH]c(-c3ccccc3)c21. The molecule has 5 nitrogen and oxygen atoms in total. The maximum Gasteiger partial charge on any atom is 0.226 e. The van der Waals surface area contributed by atoms with Crippen LogP contribution < -0.4 is 5.32 Å². The van der Waals surface area contributed by atoms with Gasteiger partial charge in [-0.1, -0.05) is 35.9 Å². The standard InChI is InChI=1S/C19H17N3O2/c1-12(10-14-8-5-9-24-14)15-11-16(23)20-19-17(15)18(21-22-19)13-6-3-2-4-7-13/h2-10,15H,11H2,1H3,(H2,20,21,22,23)/b12-10+/t15-/m0/s1. The Balaban J connectivity index is 1.81. The van der Waals surface area contributed by atoms with Crippen molar-refractivity contribution < 1.29 is 9.21 Å². The molecule has 120 valence electrons. The number of hydrogen-bond donors (Lipinski definition) is 2. The Morgan fingerprint density at radius 2 is 2.08 bits per heavy atom. The molecular formula is C19H17N3O2. The average molecular weight is 319 g/mol. The van der Waals surface area contributed by atoms with Crippen LogP contribution in [0.4, 0.5) is 5.82 Å². The van der Waals surface area contributed by atoms with E-state index in [9.17, 15) is 4.79 Å². The molecular weight excluding hydrogens is 302 g/mol. The highest BCUT2D eigenvalue weighted by Crippen LogP contribution is 2.42. The molecule has 5 heteroatoms. The number of nitrogens with one attached hydrogen (secondary N) is 2. The maximum absolute atomic E-state index is 12.1. The average Bonchev–Trinajstić information content (AvgIpc) is 3.24. The Morgan fingerprint density at radius 1 is 1.25 bits per heavy atom. The second kappa shape index (κ2) is 5.85. The molecule has 0 saturated carbocycles. The van der Waals surface area contributed by atoms with E-state index >= 15 is 0 Å². The molecule has 1 amide bonds. The van der Waals surface area contributed by atoms with Gasteiger partial charge in [0.25, 0.3) is 0 Å². The smallest absolute Gasteiger partial charge is 0.226 e. The molecule has 3 aromatic rings. The van der Waals surface area contributed by atoms with E-state index in [0.717, 1.165) is 28.2 Å². The molecule has 3 heterocycles. The van der Waals surface area contributed by atoms with Gasteiger partial charge >= 0.3 is 0 Å². The van der Waals surface area contributed by atoms with Crippen molar-refractivity contribution in [3.8, 4) is 11.3 Å². The van der Waals surface area contributed by atoms with Gasteiger partial charge < -0.3 is 9.73 Å². The molecule has 2 aromatic heterocycles. The topological polar surface area (TPSA) is 70.9 Å². The van der Waals surface area contributed by atoms with Crippen LogP contribution in [0.5, 0.6) is 0 Å². The van der Waals surface area contributed by atoms with Gasteiger partial charge in [0.2, 0.25) is 5.91 Å².